The van der Waals surface area contributed by atoms with E-state index in [4.69, 9.17) is 0 Å². The van der Waals surface area contributed by atoms with Gasteiger partial charge in [-0.1, -0.05) is 31.2 Å². The Labute approximate surface area is 124 Å². The Morgan fingerprint density at radius 3 is 2.48 bits per heavy atom. The molecule has 0 aliphatic heterocycles. The molecule has 0 spiro atoms. The second kappa shape index (κ2) is 7.38. The van der Waals surface area contributed by atoms with Gasteiger partial charge in [0.25, 0.3) is 0 Å². The van der Waals surface area contributed by atoms with E-state index in [0.29, 0.717) is 24.6 Å². The largest absolute Gasteiger partial charge is 0.364 e. The molecule has 110 valence electrons. The molecule has 1 heterocycles. The molecule has 0 unspecified atom stereocenters. The number of hydrogen-bond acceptors (Lipinski definition) is 4. The lowest BCUT2D eigenvalue weighted by Crippen LogP contribution is -2.12. The number of carbonyl (C=O) groups is 1. The van der Waals surface area contributed by atoms with Crippen molar-refractivity contribution in [2.45, 2.75) is 33.2 Å². The average Bonchev–Trinajstić information content (AvgIpc) is 2.48. The first-order valence-electron chi connectivity index (χ1n) is 7.11. The van der Waals surface area contributed by atoms with Crippen LogP contribution in [0.5, 0.6) is 0 Å². The van der Waals surface area contributed by atoms with Gasteiger partial charge in [0.1, 0.15) is 5.82 Å². The van der Waals surface area contributed by atoms with Crippen LogP contribution in [0.2, 0.25) is 0 Å². The lowest BCUT2D eigenvalue weighted by atomic mass is 10.1. The van der Waals surface area contributed by atoms with Gasteiger partial charge < -0.3 is 10.6 Å². The summed E-state index contributed by atoms with van der Waals surface area (Å²) in [6.45, 7) is 4.74. The van der Waals surface area contributed by atoms with Gasteiger partial charge in [0.15, 0.2) is 5.82 Å². The summed E-state index contributed by atoms with van der Waals surface area (Å²) in [6, 6.07) is 11.8. The van der Waals surface area contributed by atoms with Crippen molar-refractivity contribution in [3.63, 3.8) is 0 Å². The zero-order chi connectivity index (χ0) is 15.1. The Bertz CT molecular complexity index is 595. The highest BCUT2D eigenvalue weighted by molar-refractivity contribution is 5.89. The number of benzene rings is 1. The summed E-state index contributed by atoms with van der Waals surface area (Å²) < 4.78 is 0. The Balaban J connectivity index is 1.91. The standard InChI is InChI=1S/C16H20N4O/c1-3-6-16(21)18-15-10-9-14(19-20-15)17-11-13-8-5-4-7-12(13)2/h4-5,7-10H,3,6,11H2,1-2H3,(H,17,19)(H,18,20,21). The summed E-state index contributed by atoms with van der Waals surface area (Å²) in [5, 5.41) is 14.0. The van der Waals surface area contributed by atoms with Crippen molar-refractivity contribution in [3.05, 3.63) is 47.5 Å². The molecule has 5 nitrogen and oxygen atoms in total. The molecule has 0 bridgehead atoms. The normalized spacial score (nSPS) is 10.2. The molecule has 1 aromatic carbocycles. The van der Waals surface area contributed by atoms with Gasteiger partial charge in [-0.2, -0.15) is 0 Å². The zero-order valence-electron chi connectivity index (χ0n) is 12.4. The molecule has 0 saturated heterocycles. The van der Waals surface area contributed by atoms with Crippen LogP contribution in [0.15, 0.2) is 36.4 Å². The van der Waals surface area contributed by atoms with Crippen LogP contribution < -0.4 is 10.6 Å². The number of nitrogens with zero attached hydrogens (tertiary/aromatic N) is 2. The first-order chi connectivity index (χ1) is 10.2. The predicted molar refractivity (Wildman–Crippen MR) is 84.1 cm³/mol. The van der Waals surface area contributed by atoms with Crippen molar-refractivity contribution in [2.24, 2.45) is 0 Å². The highest BCUT2D eigenvalue weighted by atomic mass is 16.1. The van der Waals surface area contributed by atoms with E-state index < -0.39 is 0 Å². The van der Waals surface area contributed by atoms with E-state index in [2.05, 4.69) is 39.9 Å². The van der Waals surface area contributed by atoms with Gasteiger partial charge in [0.2, 0.25) is 5.91 Å². The molecule has 1 aromatic heterocycles. The van der Waals surface area contributed by atoms with Crippen molar-refractivity contribution in [2.75, 3.05) is 10.6 Å². The second-order valence-corrected chi connectivity index (χ2v) is 4.88. The number of nitrogens with one attached hydrogen (secondary N) is 2. The first-order valence-corrected chi connectivity index (χ1v) is 7.11. The molecule has 2 aromatic rings. The third kappa shape index (κ3) is 4.56. The fraction of sp³-hybridized carbons (Fsp3) is 0.312. The molecule has 2 rings (SSSR count). The monoisotopic (exact) mass is 284 g/mol. The Hall–Kier alpha value is -2.43. The van der Waals surface area contributed by atoms with E-state index in [1.807, 2.05) is 25.1 Å². The van der Waals surface area contributed by atoms with Crippen LogP contribution in [0.1, 0.15) is 30.9 Å². The van der Waals surface area contributed by atoms with Gasteiger partial charge in [0, 0.05) is 13.0 Å². The first kappa shape index (κ1) is 15.0. The van der Waals surface area contributed by atoms with Crippen molar-refractivity contribution in [3.8, 4) is 0 Å². The number of anilines is 2. The smallest absolute Gasteiger partial charge is 0.225 e. The molecule has 0 radical (unpaired) electrons. The molecule has 0 aliphatic rings. The summed E-state index contributed by atoms with van der Waals surface area (Å²) in [5.41, 5.74) is 2.46. The quantitative estimate of drug-likeness (QED) is 0.855. The number of hydrogen-bond donors (Lipinski definition) is 2. The van der Waals surface area contributed by atoms with E-state index in [1.54, 1.807) is 6.07 Å². The second-order valence-electron chi connectivity index (χ2n) is 4.88. The van der Waals surface area contributed by atoms with Crippen LogP contribution in [0, 0.1) is 6.92 Å². The maximum atomic E-state index is 11.5. The minimum Gasteiger partial charge on any atom is -0.364 e. The van der Waals surface area contributed by atoms with Gasteiger partial charge in [-0.05, 0) is 36.6 Å². The third-order valence-corrected chi connectivity index (χ3v) is 3.13. The fourth-order valence-corrected chi connectivity index (χ4v) is 1.92. The summed E-state index contributed by atoms with van der Waals surface area (Å²) in [5.74, 6) is 1.13. The van der Waals surface area contributed by atoms with E-state index in [0.717, 1.165) is 6.42 Å². The SMILES string of the molecule is CCCC(=O)Nc1ccc(NCc2ccccc2C)nn1. The van der Waals surface area contributed by atoms with Crippen LogP contribution in [-0.4, -0.2) is 16.1 Å². The summed E-state index contributed by atoms with van der Waals surface area (Å²) in [7, 11) is 0. The molecule has 0 fully saturated rings. The van der Waals surface area contributed by atoms with Gasteiger partial charge in [-0.25, -0.2) is 0 Å². The van der Waals surface area contributed by atoms with Gasteiger partial charge >= 0.3 is 0 Å². The van der Waals surface area contributed by atoms with Crippen LogP contribution in [0.25, 0.3) is 0 Å². The fourth-order valence-electron chi connectivity index (χ4n) is 1.92. The number of rotatable bonds is 6. The van der Waals surface area contributed by atoms with E-state index in [9.17, 15) is 4.79 Å². The Morgan fingerprint density at radius 1 is 1.10 bits per heavy atom. The van der Waals surface area contributed by atoms with Gasteiger partial charge in [-0.15, -0.1) is 10.2 Å². The lowest BCUT2D eigenvalue weighted by molar-refractivity contribution is -0.116. The van der Waals surface area contributed by atoms with Gasteiger partial charge in [-0.3, -0.25) is 4.79 Å². The summed E-state index contributed by atoms with van der Waals surface area (Å²) in [6.07, 6.45) is 1.31. The maximum absolute atomic E-state index is 11.5. The highest BCUT2D eigenvalue weighted by Gasteiger charge is 2.03. The molecular weight excluding hydrogens is 264 g/mol. The van der Waals surface area contributed by atoms with E-state index in [-0.39, 0.29) is 5.91 Å². The van der Waals surface area contributed by atoms with E-state index >= 15 is 0 Å². The number of aryl methyl sites for hydroxylation is 1. The molecule has 21 heavy (non-hydrogen) atoms. The maximum Gasteiger partial charge on any atom is 0.225 e. The van der Waals surface area contributed by atoms with E-state index in [1.165, 1.54) is 11.1 Å². The lowest BCUT2D eigenvalue weighted by Gasteiger charge is -2.08. The molecule has 0 aliphatic carbocycles. The minimum absolute atomic E-state index is 0.0348. The van der Waals surface area contributed by atoms with Crippen LogP contribution >= 0.6 is 0 Å². The van der Waals surface area contributed by atoms with Crippen LogP contribution in [-0.2, 0) is 11.3 Å². The molecule has 5 heteroatoms. The summed E-state index contributed by atoms with van der Waals surface area (Å²) in [4.78, 5) is 11.5. The predicted octanol–water partition coefficient (Wildman–Crippen LogP) is 3.14. The number of amides is 1. The van der Waals surface area contributed by atoms with Crippen LogP contribution in [0.4, 0.5) is 11.6 Å². The molecule has 1 amide bonds. The van der Waals surface area contributed by atoms with Gasteiger partial charge in [0.05, 0.1) is 0 Å². The average molecular weight is 284 g/mol. The third-order valence-electron chi connectivity index (χ3n) is 3.13. The van der Waals surface area contributed by atoms with Crippen molar-refractivity contribution < 1.29 is 4.79 Å². The number of aromatic nitrogens is 2. The molecular formula is C16H20N4O. The topological polar surface area (TPSA) is 66.9 Å². The summed E-state index contributed by atoms with van der Waals surface area (Å²) >= 11 is 0. The molecule has 0 saturated carbocycles. The Kier molecular flexibility index (Phi) is 5.26. The minimum atomic E-state index is -0.0348. The molecule has 0 atom stereocenters. The Morgan fingerprint density at radius 2 is 1.81 bits per heavy atom. The zero-order valence-corrected chi connectivity index (χ0v) is 12.4. The highest BCUT2D eigenvalue weighted by Crippen LogP contribution is 2.11. The van der Waals surface area contributed by atoms with Crippen molar-refractivity contribution in [1.82, 2.24) is 10.2 Å². The molecule has 2 N–H and O–H groups in total. The van der Waals surface area contributed by atoms with Crippen LogP contribution in [0.3, 0.4) is 0 Å². The van der Waals surface area contributed by atoms with Crippen molar-refractivity contribution >= 4 is 17.5 Å². The van der Waals surface area contributed by atoms with Crippen molar-refractivity contribution in [1.29, 1.82) is 0 Å². The number of carbonyl (C=O) groups excluding carboxylic acids is 1.